The van der Waals surface area contributed by atoms with E-state index in [1.54, 1.807) is 11.3 Å². The van der Waals surface area contributed by atoms with E-state index in [4.69, 9.17) is 0 Å². The first-order valence-corrected chi connectivity index (χ1v) is 5.65. The number of hydrogen-bond donors (Lipinski definition) is 2. The summed E-state index contributed by atoms with van der Waals surface area (Å²) >= 11 is 1.76. The zero-order chi connectivity index (χ0) is 10.7. The summed E-state index contributed by atoms with van der Waals surface area (Å²) in [6, 6.07) is 2.24. The van der Waals surface area contributed by atoms with Crippen molar-refractivity contribution >= 4 is 11.3 Å². The summed E-state index contributed by atoms with van der Waals surface area (Å²) in [5.41, 5.74) is 1.33. The van der Waals surface area contributed by atoms with Crippen molar-refractivity contribution in [2.75, 3.05) is 0 Å². The van der Waals surface area contributed by atoms with Crippen molar-refractivity contribution in [1.29, 1.82) is 0 Å². The minimum atomic E-state index is 0.116. The molecule has 0 aliphatic heterocycles. The van der Waals surface area contributed by atoms with E-state index < -0.39 is 0 Å². The van der Waals surface area contributed by atoms with Crippen LogP contribution in [0, 0.1) is 6.92 Å². The first kappa shape index (κ1) is 10.3. The van der Waals surface area contributed by atoms with Crippen molar-refractivity contribution in [1.82, 2.24) is 25.9 Å². The quantitative estimate of drug-likeness (QED) is 0.822. The summed E-state index contributed by atoms with van der Waals surface area (Å²) in [6.45, 7) is 4.99. The van der Waals surface area contributed by atoms with Crippen molar-refractivity contribution in [3.8, 4) is 0 Å². The molecule has 2 aromatic heterocycles. The Balaban J connectivity index is 1.91. The Hall–Kier alpha value is -1.27. The molecule has 0 saturated carbocycles. The van der Waals surface area contributed by atoms with E-state index in [0.29, 0.717) is 5.82 Å². The molecule has 2 rings (SSSR count). The number of nitrogens with zero attached hydrogens (tertiary/aromatic N) is 3. The fraction of sp³-hybridized carbons (Fsp3) is 0.444. The van der Waals surface area contributed by atoms with E-state index in [1.165, 1.54) is 10.4 Å². The van der Waals surface area contributed by atoms with Crippen LogP contribution in [-0.4, -0.2) is 20.6 Å². The van der Waals surface area contributed by atoms with Gasteiger partial charge in [0.15, 0.2) is 5.82 Å². The van der Waals surface area contributed by atoms with E-state index in [0.717, 1.165) is 6.54 Å². The topological polar surface area (TPSA) is 66.5 Å². The van der Waals surface area contributed by atoms with Crippen molar-refractivity contribution in [3.63, 3.8) is 0 Å². The summed E-state index contributed by atoms with van der Waals surface area (Å²) in [6.07, 6.45) is 0. The average Bonchev–Trinajstić information content (AvgIpc) is 2.85. The summed E-state index contributed by atoms with van der Waals surface area (Å²) in [5, 5.41) is 19.3. The van der Waals surface area contributed by atoms with E-state index in [-0.39, 0.29) is 6.04 Å². The Bertz CT molecular complexity index is 408. The summed E-state index contributed by atoms with van der Waals surface area (Å²) < 4.78 is 0. The van der Waals surface area contributed by atoms with Gasteiger partial charge in [-0.2, -0.15) is 5.21 Å². The minimum absolute atomic E-state index is 0.116. The number of thiophene rings is 1. The predicted molar refractivity (Wildman–Crippen MR) is 58.5 cm³/mol. The van der Waals surface area contributed by atoms with Crippen LogP contribution < -0.4 is 5.32 Å². The highest BCUT2D eigenvalue weighted by molar-refractivity contribution is 7.10. The number of aryl methyl sites for hydroxylation is 1. The third kappa shape index (κ3) is 2.40. The zero-order valence-electron chi connectivity index (χ0n) is 8.69. The van der Waals surface area contributed by atoms with Crippen molar-refractivity contribution < 1.29 is 0 Å². The molecule has 0 spiro atoms. The third-order valence-electron chi connectivity index (χ3n) is 2.29. The van der Waals surface area contributed by atoms with Gasteiger partial charge >= 0.3 is 0 Å². The molecule has 0 bridgehead atoms. The Kier molecular flexibility index (Phi) is 3.08. The Morgan fingerprint density at radius 1 is 1.60 bits per heavy atom. The maximum Gasteiger partial charge on any atom is 0.191 e. The average molecular weight is 223 g/mol. The number of aromatic nitrogens is 4. The second kappa shape index (κ2) is 4.50. The van der Waals surface area contributed by atoms with E-state index in [9.17, 15) is 0 Å². The Morgan fingerprint density at radius 2 is 2.47 bits per heavy atom. The minimum Gasteiger partial charge on any atom is -0.302 e. The number of H-pyrrole nitrogens is 1. The largest absolute Gasteiger partial charge is 0.302 e. The molecule has 0 aromatic carbocycles. The van der Waals surface area contributed by atoms with Gasteiger partial charge in [0.1, 0.15) is 0 Å². The van der Waals surface area contributed by atoms with Crippen LogP contribution in [0.3, 0.4) is 0 Å². The van der Waals surface area contributed by atoms with E-state index >= 15 is 0 Å². The predicted octanol–water partition coefficient (Wildman–Crippen LogP) is 1.42. The number of tetrazole rings is 1. The fourth-order valence-electron chi connectivity index (χ4n) is 1.28. The zero-order valence-corrected chi connectivity index (χ0v) is 9.51. The molecule has 0 aliphatic carbocycles. The summed E-state index contributed by atoms with van der Waals surface area (Å²) in [5.74, 6) is 0.698. The van der Waals surface area contributed by atoms with Crippen LogP contribution in [0.5, 0.6) is 0 Å². The molecule has 0 radical (unpaired) electrons. The number of rotatable bonds is 4. The lowest BCUT2D eigenvalue weighted by atomic mass is 10.2. The van der Waals surface area contributed by atoms with Gasteiger partial charge in [-0.25, -0.2) is 0 Å². The van der Waals surface area contributed by atoms with Gasteiger partial charge in [-0.05, 0) is 30.9 Å². The van der Waals surface area contributed by atoms with Crippen molar-refractivity contribution in [2.45, 2.75) is 26.4 Å². The van der Waals surface area contributed by atoms with Gasteiger partial charge < -0.3 is 5.32 Å². The van der Waals surface area contributed by atoms with Gasteiger partial charge in [-0.3, -0.25) is 0 Å². The molecule has 6 heteroatoms. The monoisotopic (exact) mass is 223 g/mol. The Morgan fingerprint density at radius 3 is 3.07 bits per heavy atom. The van der Waals surface area contributed by atoms with Crippen LogP contribution in [0.4, 0.5) is 0 Å². The maximum atomic E-state index is 3.93. The molecule has 2 N–H and O–H groups in total. The molecule has 0 aliphatic rings. The first-order valence-electron chi connectivity index (χ1n) is 4.77. The lowest BCUT2D eigenvalue weighted by molar-refractivity contribution is 0.549. The molecular formula is C9H13N5S. The molecule has 2 heterocycles. The van der Waals surface area contributed by atoms with E-state index in [2.05, 4.69) is 44.3 Å². The van der Waals surface area contributed by atoms with Crippen LogP contribution in [-0.2, 0) is 6.54 Å². The summed E-state index contributed by atoms with van der Waals surface area (Å²) in [4.78, 5) is 1.35. The molecule has 0 fully saturated rings. The molecule has 80 valence electrons. The fourth-order valence-corrected chi connectivity index (χ4v) is 2.13. The standard InChI is InChI=1S/C9H13N5S/c1-6-3-4-15-8(6)5-10-7(2)9-11-13-14-12-9/h3-4,7,10H,5H2,1-2H3,(H,11,12,13,14). The highest BCUT2D eigenvalue weighted by Gasteiger charge is 2.09. The van der Waals surface area contributed by atoms with Crippen LogP contribution in [0.25, 0.3) is 0 Å². The van der Waals surface area contributed by atoms with Crippen molar-refractivity contribution in [2.24, 2.45) is 0 Å². The van der Waals surface area contributed by atoms with Gasteiger partial charge in [-0.1, -0.05) is 5.21 Å². The summed E-state index contributed by atoms with van der Waals surface area (Å²) in [7, 11) is 0. The molecule has 1 unspecified atom stereocenters. The second-order valence-electron chi connectivity index (χ2n) is 3.40. The van der Waals surface area contributed by atoms with Crippen LogP contribution in [0.15, 0.2) is 11.4 Å². The molecule has 1 atom stereocenters. The van der Waals surface area contributed by atoms with Gasteiger partial charge in [0.25, 0.3) is 0 Å². The van der Waals surface area contributed by atoms with Gasteiger partial charge in [-0.15, -0.1) is 21.5 Å². The van der Waals surface area contributed by atoms with E-state index in [1.807, 2.05) is 6.92 Å². The number of aromatic amines is 1. The first-order chi connectivity index (χ1) is 7.27. The lowest BCUT2D eigenvalue weighted by Crippen LogP contribution is -2.19. The van der Waals surface area contributed by atoms with Gasteiger partial charge in [0, 0.05) is 11.4 Å². The Labute approximate surface area is 91.9 Å². The maximum absolute atomic E-state index is 3.93. The second-order valence-corrected chi connectivity index (χ2v) is 4.40. The number of nitrogens with one attached hydrogen (secondary N) is 2. The molecule has 2 aromatic rings. The molecule has 0 saturated heterocycles. The smallest absolute Gasteiger partial charge is 0.191 e. The highest BCUT2D eigenvalue weighted by Crippen LogP contribution is 2.16. The molecule has 15 heavy (non-hydrogen) atoms. The van der Waals surface area contributed by atoms with Gasteiger partial charge in [0.2, 0.25) is 0 Å². The number of hydrogen-bond acceptors (Lipinski definition) is 5. The molecule has 5 nitrogen and oxygen atoms in total. The lowest BCUT2D eigenvalue weighted by Gasteiger charge is -2.08. The van der Waals surface area contributed by atoms with Crippen molar-refractivity contribution in [3.05, 3.63) is 27.7 Å². The van der Waals surface area contributed by atoms with Gasteiger partial charge in [0.05, 0.1) is 6.04 Å². The SMILES string of the molecule is Cc1ccsc1CNC(C)c1nn[nH]n1. The highest BCUT2D eigenvalue weighted by atomic mass is 32.1. The van der Waals surface area contributed by atoms with Crippen LogP contribution in [0.2, 0.25) is 0 Å². The normalized spacial score (nSPS) is 12.9. The molecular weight excluding hydrogens is 210 g/mol. The van der Waals surface area contributed by atoms with Crippen LogP contribution in [0.1, 0.15) is 29.2 Å². The molecule has 0 amide bonds. The third-order valence-corrected chi connectivity index (χ3v) is 3.31. The van der Waals surface area contributed by atoms with Crippen LogP contribution >= 0.6 is 11.3 Å².